The molecule has 0 aliphatic carbocycles. The van der Waals surface area contributed by atoms with Crippen LogP contribution in [0.1, 0.15) is 23.6 Å². The lowest BCUT2D eigenvalue weighted by Gasteiger charge is -2.26. The van der Waals surface area contributed by atoms with E-state index in [0.29, 0.717) is 17.9 Å². The summed E-state index contributed by atoms with van der Waals surface area (Å²) in [5.74, 6) is -0.794. The van der Waals surface area contributed by atoms with E-state index in [2.05, 4.69) is 15.9 Å². The first-order chi connectivity index (χ1) is 14.3. The van der Waals surface area contributed by atoms with E-state index in [9.17, 15) is 14.7 Å². The maximum Gasteiger partial charge on any atom is 0.295 e. The molecule has 0 aromatic heterocycles. The standard InChI is InChI=1S/C23H25BrN2O4/c1-25(2)13-4-14-26-20(15-5-9-17(24)10-6-15)19(22(28)23(26)29)21(27)16-7-11-18(30-3)12-8-16/h5-12,20,27H,4,13-14H2,1-3H3/b21-19+/t20-/m1/s1. The molecule has 0 bridgehead atoms. The van der Waals surface area contributed by atoms with Crippen LogP contribution in [-0.4, -0.2) is 60.9 Å². The summed E-state index contributed by atoms with van der Waals surface area (Å²) in [5, 5.41) is 11.0. The second kappa shape index (κ2) is 9.45. The molecular weight excluding hydrogens is 448 g/mol. The number of nitrogens with zero attached hydrogens (tertiary/aromatic N) is 2. The van der Waals surface area contributed by atoms with Gasteiger partial charge in [0.25, 0.3) is 11.7 Å². The van der Waals surface area contributed by atoms with Gasteiger partial charge in [-0.3, -0.25) is 9.59 Å². The summed E-state index contributed by atoms with van der Waals surface area (Å²) in [6, 6.07) is 13.6. The summed E-state index contributed by atoms with van der Waals surface area (Å²) in [5.41, 5.74) is 1.35. The van der Waals surface area contributed by atoms with Crippen molar-refractivity contribution in [3.63, 3.8) is 0 Å². The summed E-state index contributed by atoms with van der Waals surface area (Å²) >= 11 is 3.42. The molecule has 3 rings (SSSR count). The average molecular weight is 473 g/mol. The van der Waals surface area contributed by atoms with Gasteiger partial charge in [-0.15, -0.1) is 0 Å². The highest BCUT2D eigenvalue weighted by Crippen LogP contribution is 2.39. The predicted octanol–water partition coefficient (Wildman–Crippen LogP) is 3.83. The summed E-state index contributed by atoms with van der Waals surface area (Å²) < 4.78 is 6.05. The zero-order valence-electron chi connectivity index (χ0n) is 17.3. The minimum absolute atomic E-state index is 0.109. The molecule has 1 saturated heterocycles. The van der Waals surface area contributed by atoms with Crippen LogP contribution in [0, 0.1) is 0 Å². The Morgan fingerprint density at radius 1 is 1.10 bits per heavy atom. The van der Waals surface area contributed by atoms with Gasteiger partial charge in [0.05, 0.1) is 18.7 Å². The van der Waals surface area contributed by atoms with Crippen LogP contribution in [0.25, 0.3) is 5.76 Å². The molecule has 2 aromatic carbocycles. The zero-order valence-corrected chi connectivity index (χ0v) is 18.8. The minimum atomic E-state index is -0.666. The van der Waals surface area contributed by atoms with Gasteiger partial charge in [0.1, 0.15) is 11.5 Å². The molecule has 1 aliphatic rings. The number of aliphatic hydroxyl groups is 1. The van der Waals surface area contributed by atoms with E-state index in [0.717, 1.165) is 23.0 Å². The van der Waals surface area contributed by atoms with E-state index in [1.807, 2.05) is 43.3 Å². The van der Waals surface area contributed by atoms with Crippen molar-refractivity contribution in [2.75, 3.05) is 34.3 Å². The van der Waals surface area contributed by atoms with Crippen molar-refractivity contribution in [2.24, 2.45) is 0 Å². The van der Waals surface area contributed by atoms with E-state index in [1.165, 1.54) is 0 Å². The maximum absolute atomic E-state index is 12.9. The van der Waals surface area contributed by atoms with Gasteiger partial charge >= 0.3 is 0 Å². The number of amides is 1. The number of hydrogen-bond acceptors (Lipinski definition) is 5. The maximum atomic E-state index is 12.9. The number of aliphatic hydroxyl groups excluding tert-OH is 1. The van der Waals surface area contributed by atoms with Gasteiger partial charge in [-0.2, -0.15) is 0 Å². The molecule has 0 unspecified atom stereocenters. The quantitative estimate of drug-likeness (QED) is 0.376. The molecule has 7 heteroatoms. The minimum Gasteiger partial charge on any atom is -0.507 e. The van der Waals surface area contributed by atoms with Gasteiger partial charge in [-0.25, -0.2) is 0 Å². The Kier molecular flexibility index (Phi) is 6.95. The Morgan fingerprint density at radius 2 is 1.73 bits per heavy atom. The topological polar surface area (TPSA) is 70.1 Å². The number of carbonyl (C=O) groups is 2. The van der Waals surface area contributed by atoms with E-state index in [4.69, 9.17) is 4.74 Å². The fraction of sp³-hybridized carbons (Fsp3) is 0.304. The Hall–Kier alpha value is -2.64. The Labute approximate surface area is 184 Å². The van der Waals surface area contributed by atoms with Gasteiger partial charge in [-0.05, 0) is 69.0 Å². The SMILES string of the molecule is COc1ccc(/C(O)=C2\C(=O)C(=O)N(CCCN(C)C)[C@@H]2c2ccc(Br)cc2)cc1. The largest absolute Gasteiger partial charge is 0.507 e. The van der Waals surface area contributed by atoms with Crippen molar-refractivity contribution in [1.29, 1.82) is 0 Å². The lowest BCUT2D eigenvalue weighted by atomic mass is 9.95. The Bertz CT molecular complexity index is 952. The molecule has 1 fully saturated rings. The van der Waals surface area contributed by atoms with Crippen molar-refractivity contribution in [1.82, 2.24) is 9.80 Å². The fourth-order valence-electron chi connectivity index (χ4n) is 3.56. The molecule has 0 saturated carbocycles. The third-order valence-corrected chi connectivity index (χ3v) is 5.62. The highest BCUT2D eigenvalue weighted by molar-refractivity contribution is 9.10. The van der Waals surface area contributed by atoms with Crippen LogP contribution >= 0.6 is 15.9 Å². The van der Waals surface area contributed by atoms with E-state index in [1.54, 1.807) is 36.3 Å². The highest BCUT2D eigenvalue weighted by atomic mass is 79.9. The number of ether oxygens (including phenoxy) is 1. The van der Waals surface area contributed by atoms with Crippen LogP contribution in [0.4, 0.5) is 0 Å². The molecule has 1 N–H and O–H groups in total. The van der Waals surface area contributed by atoms with Gasteiger partial charge in [-0.1, -0.05) is 28.1 Å². The number of Topliss-reactive ketones (excluding diaryl/α,β-unsaturated/α-hetero) is 1. The molecule has 30 heavy (non-hydrogen) atoms. The van der Waals surface area contributed by atoms with Crippen LogP contribution in [0.15, 0.2) is 58.6 Å². The molecule has 158 valence electrons. The third kappa shape index (κ3) is 4.57. The summed E-state index contributed by atoms with van der Waals surface area (Å²) in [7, 11) is 5.48. The fourth-order valence-corrected chi connectivity index (χ4v) is 3.83. The molecular formula is C23H25BrN2O4. The molecule has 1 atom stereocenters. The molecule has 2 aromatic rings. The molecule has 6 nitrogen and oxygen atoms in total. The van der Waals surface area contributed by atoms with Gasteiger partial charge in [0.2, 0.25) is 0 Å². The van der Waals surface area contributed by atoms with Gasteiger partial charge in [0.15, 0.2) is 0 Å². The first-order valence-electron chi connectivity index (χ1n) is 9.66. The molecule has 0 spiro atoms. The lowest BCUT2D eigenvalue weighted by Crippen LogP contribution is -2.32. The second-order valence-electron chi connectivity index (χ2n) is 7.43. The summed E-state index contributed by atoms with van der Waals surface area (Å²) in [6.45, 7) is 1.21. The van der Waals surface area contributed by atoms with Gasteiger partial charge < -0.3 is 19.6 Å². The molecule has 1 heterocycles. The van der Waals surface area contributed by atoms with E-state index < -0.39 is 17.7 Å². The van der Waals surface area contributed by atoms with Crippen molar-refractivity contribution in [2.45, 2.75) is 12.5 Å². The number of ketones is 1. The number of carbonyl (C=O) groups excluding carboxylic acids is 2. The molecule has 1 amide bonds. The zero-order chi connectivity index (χ0) is 21.8. The van der Waals surface area contributed by atoms with E-state index >= 15 is 0 Å². The lowest BCUT2D eigenvalue weighted by molar-refractivity contribution is -0.139. The molecule has 0 radical (unpaired) electrons. The monoisotopic (exact) mass is 472 g/mol. The van der Waals surface area contributed by atoms with Gasteiger partial charge in [0, 0.05) is 16.6 Å². The second-order valence-corrected chi connectivity index (χ2v) is 8.35. The smallest absolute Gasteiger partial charge is 0.295 e. The molecule has 1 aliphatic heterocycles. The van der Waals surface area contributed by atoms with Crippen LogP contribution < -0.4 is 4.74 Å². The number of benzene rings is 2. The van der Waals surface area contributed by atoms with Crippen LogP contribution in [-0.2, 0) is 9.59 Å². The Morgan fingerprint density at radius 3 is 2.30 bits per heavy atom. The van der Waals surface area contributed by atoms with Crippen molar-refractivity contribution >= 4 is 33.4 Å². The van der Waals surface area contributed by atoms with Crippen molar-refractivity contribution < 1.29 is 19.4 Å². The van der Waals surface area contributed by atoms with E-state index in [-0.39, 0.29) is 11.3 Å². The van der Waals surface area contributed by atoms with Crippen LogP contribution in [0.5, 0.6) is 5.75 Å². The van der Waals surface area contributed by atoms with Crippen LogP contribution in [0.2, 0.25) is 0 Å². The van der Waals surface area contributed by atoms with Crippen molar-refractivity contribution in [3.05, 3.63) is 69.7 Å². The number of hydrogen-bond donors (Lipinski definition) is 1. The Balaban J connectivity index is 2.06. The summed E-state index contributed by atoms with van der Waals surface area (Å²) in [4.78, 5) is 29.4. The predicted molar refractivity (Wildman–Crippen MR) is 119 cm³/mol. The first-order valence-corrected chi connectivity index (χ1v) is 10.5. The number of halogens is 1. The number of likely N-dealkylation sites (tertiary alicyclic amines) is 1. The number of rotatable bonds is 7. The highest BCUT2D eigenvalue weighted by Gasteiger charge is 2.45. The normalized spacial score (nSPS) is 18.3. The van der Waals surface area contributed by atoms with Crippen molar-refractivity contribution in [3.8, 4) is 5.75 Å². The summed E-state index contributed by atoms with van der Waals surface area (Å²) in [6.07, 6.45) is 0.718. The first kappa shape index (κ1) is 22.1. The van der Waals surface area contributed by atoms with Crippen LogP contribution in [0.3, 0.4) is 0 Å². The third-order valence-electron chi connectivity index (χ3n) is 5.09. The number of methoxy groups -OCH3 is 1. The average Bonchev–Trinajstić information content (AvgIpc) is 2.98.